The van der Waals surface area contributed by atoms with Gasteiger partial charge >= 0.3 is 5.97 Å². The maximum absolute atomic E-state index is 12.8. The third kappa shape index (κ3) is 4.11. The monoisotopic (exact) mass is 404 g/mol. The predicted molar refractivity (Wildman–Crippen MR) is 117 cm³/mol. The standard InChI is InChI=1S/C25H28N2O3/c1-18-8-2-3-9-19(18)16-27-22-11-5-4-10-20(22)21-14-15-26(17-23(21)27)24(28)12-6-7-13-25(29)30/h2-5,8-11H,6-7,12-17H2,1H3,(H,29,30). The molecular weight excluding hydrogens is 376 g/mol. The molecule has 0 saturated heterocycles. The first-order valence-corrected chi connectivity index (χ1v) is 10.7. The highest BCUT2D eigenvalue weighted by Gasteiger charge is 2.26. The van der Waals surface area contributed by atoms with Crippen LogP contribution in [-0.2, 0) is 29.1 Å². The summed E-state index contributed by atoms with van der Waals surface area (Å²) in [6.07, 6.45) is 2.58. The molecule has 3 aromatic rings. The Labute approximate surface area is 176 Å². The third-order valence-electron chi connectivity index (χ3n) is 6.14. The average molecular weight is 405 g/mol. The van der Waals surface area contributed by atoms with Crippen molar-refractivity contribution >= 4 is 22.8 Å². The van der Waals surface area contributed by atoms with Crippen LogP contribution in [0.2, 0.25) is 0 Å². The number of benzene rings is 2. The van der Waals surface area contributed by atoms with Gasteiger partial charge in [0.05, 0.1) is 6.54 Å². The summed E-state index contributed by atoms with van der Waals surface area (Å²) in [7, 11) is 0. The van der Waals surface area contributed by atoms with Crippen LogP contribution in [-0.4, -0.2) is 33.0 Å². The largest absolute Gasteiger partial charge is 0.481 e. The molecule has 2 heterocycles. The van der Waals surface area contributed by atoms with Gasteiger partial charge in [0.1, 0.15) is 0 Å². The van der Waals surface area contributed by atoms with E-state index in [1.807, 2.05) is 4.90 Å². The first-order valence-electron chi connectivity index (χ1n) is 10.7. The summed E-state index contributed by atoms with van der Waals surface area (Å²) in [4.78, 5) is 25.4. The Kier molecular flexibility index (Phi) is 5.88. The third-order valence-corrected chi connectivity index (χ3v) is 6.14. The fraction of sp³-hybridized carbons (Fsp3) is 0.360. The van der Waals surface area contributed by atoms with Gasteiger partial charge in [0.2, 0.25) is 5.91 Å². The summed E-state index contributed by atoms with van der Waals surface area (Å²) in [6.45, 7) is 4.28. The number of carbonyl (C=O) groups excluding carboxylic acids is 1. The summed E-state index contributed by atoms with van der Waals surface area (Å²) < 4.78 is 2.37. The van der Waals surface area contributed by atoms with E-state index in [1.165, 1.54) is 33.3 Å². The molecule has 0 radical (unpaired) electrons. The molecule has 0 bridgehead atoms. The lowest BCUT2D eigenvalue weighted by atomic mass is 10.0. The molecular formula is C25H28N2O3. The van der Waals surface area contributed by atoms with Crippen molar-refractivity contribution in [2.24, 2.45) is 0 Å². The van der Waals surface area contributed by atoms with Crippen molar-refractivity contribution in [3.8, 4) is 0 Å². The topological polar surface area (TPSA) is 62.5 Å². The molecule has 0 aliphatic carbocycles. The summed E-state index contributed by atoms with van der Waals surface area (Å²) in [5.41, 5.74) is 6.37. The minimum Gasteiger partial charge on any atom is -0.481 e. The number of fused-ring (bicyclic) bond motifs is 3. The molecule has 5 heteroatoms. The van der Waals surface area contributed by atoms with E-state index in [4.69, 9.17) is 5.11 Å². The second-order valence-corrected chi connectivity index (χ2v) is 8.12. The van der Waals surface area contributed by atoms with E-state index in [0.717, 1.165) is 19.5 Å². The maximum atomic E-state index is 12.8. The van der Waals surface area contributed by atoms with E-state index in [2.05, 4.69) is 60.0 Å². The van der Waals surface area contributed by atoms with Gasteiger partial charge in [-0.2, -0.15) is 0 Å². The average Bonchev–Trinajstić information content (AvgIpc) is 3.06. The number of amides is 1. The molecule has 5 nitrogen and oxygen atoms in total. The Hall–Kier alpha value is -3.08. The van der Waals surface area contributed by atoms with E-state index >= 15 is 0 Å². The molecule has 4 rings (SSSR count). The number of carbonyl (C=O) groups is 2. The van der Waals surface area contributed by atoms with Gasteiger partial charge in [0, 0.05) is 42.5 Å². The maximum Gasteiger partial charge on any atom is 0.303 e. The quantitative estimate of drug-likeness (QED) is 0.589. The predicted octanol–water partition coefficient (Wildman–Crippen LogP) is 4.53. The van der Waals surface area contributed by atoms with Crippen LogP contribution in [0.15, 0.2) is 48.5 Å². The van der Waals surface area contributed by atoms with Crippen molar-refractivity contribution < 1.29 is 14.7 Å². The van der Waals surface area contributed by atoms with Crippen LogP contribution in [0.25, 0.3) is 10.9 Å². The molecule has 1 aromatic heterocycles. The Morgan fingerprint density at radius 2 is 1.73 bits per heavy atom. The molecule has 1 N–H and O–H groups in total. The molecule has 30 heavy (non-hydrogen) atoms. The molecule has 2 aromatic carbocycles. The van der Waals surface area contributed by atoms with Crippen LogP contribution in [0, 0.1) is 6.92 Å². The Bertz CT molecular complexity index is 1080. The normalized spacial score (nSPS) is 13.4. The molecule has 1 amide bonds. The van der Waals surface area contributed by atoms with Gasteiger partial charge in [0.25, 0.3) is 0 Å². The number of aromatic nitrogens is 1. The number of hydrogen-bond acceptors (Lipinski definition) is 2. The Balaban J connectivity index is 1.59. The Morgan fingerprint density at radius 3 is 2.53 bits per heavy atom. The lowest BCUT2D eigenvalue weighted by Crippen LogP contribution is -2.36. The van der Waals surface area contributed by atoms with Crippen LogP contribution in [0.1, 0.15) is 48.1 Å². The van der Waals surface area contributed by atoms with Crippen molar-refractivity contribution in [2.45, 2.75) is 52.1 Å². The van der Waals surface area contributed by atoms with E-state index in [1.54, 1.807) is 0 Å². The van der Waals surface area contributed by atoms with Gasteiger partial charge in [-0.3, -0.25) is 9.59 Å². The number of aryl methyl sites for hydroxylation is 1. The zero-order chi connectivity index (χ0) is 21.1. The number of para-hydroxylation sites is 1. The zero-order valence-electron chi connectivity index (χ0n) is 17.4. The smallest absolute Gasteiger partial charge is 0.303 e. The molecule has 0 unspecified atom stereocenters. The van der Waals surface area contributed by atoms with Gasteiger partial charge in [-0.05, 0) is 48.9 Å². The van der Waals surface area contributed by atoms with E-state index in [-0.39, 0.29) is 12.3 Å². The van der Waals surface area contributed by atoms with Gasteiger partial charge in [0.15, 0.2) is 0 Å². The summed E-state index contributed by atoms with van der Waals surface area (Å²) in [5.74, 6) is -0.676. The number of nitrogens with zero attached hydrogens (tertiary/aromatic N) is 2. The lowest BCUT2D eigenvalue weighted by Gasteiger charge is -2.29. The second-order valence-electron chi connectivity index (χ2n) is 8.12. The van der Waals surface area contributed by atoms with Gasteiger partial charge in [-0.25, -0.2) is 0 Å². The van der Waals surface area contributed by atoms with Gasteiger partial charge in [-0.1, -0.05) is 42.5 Å². The van der Waals surface area contributed by atoms with Crippen LogP contribution < -0.4 is 0 Å². The molecule has 156 valence electrons. The van der Waals surface area contributed by atoms with Crippen LogP contribution in [0.5, 0.6) is 0 Å². The van der Waals surface area contributed by atoms with Gasteiger partial charge in [-0.15, -0.1) is 0 Å². The van der Waals surface area contributed by atoms with Crippen molar-refractivity contribution in [2.75, 3.05) is 6.54 Å². The van der Waals surface area contributed by atoms with Crippen molar-refractivity contribution in [3.63, 3.8) is 0 Å². The van der Waals surface area contributed by atoms with E-state index < -0.39 is 5.97 Å². The van der Waals surface area contributed by atoms with Crippen molar-refractivity contribution in [1.82, 2.24) is 9.47 Å². The molecule has 0 atom stereocenters. The summed E-state index contributed by atoms with van der Waals surface area (Å²) >= 11 is 0. The zero-order valence-corrected chi connectivity index (χ0v) is 17.4. The van der Waals surface area contributed by atoms with Crippen LogP contribution in [0.3, 0.4) is 0 Å². The minimum atomic E-state index is -0.800. The SMILES string of the molecule is Cc1ccccc1Cn1c2c(c3ccccc31)CCN(C(=O)CCCCC(=O)O)C2. The first-order chi connectivity index (χ1) is 14.5. The molecule has 0 spiro atoms. The number of carboxylic acid groups (broad SMARTS) is 1. The Morgan fingerprint density at radius 1 is 1.00 bits per heavy atom. The number of hydrogen-bond donors (Lipinski definition) is 1. The highest BCUT2D eigenvalue weighted by atomic mass is 16.4. The summed E-state index contributed by atoms with van der Waals surface area (Å²) in [6, 6.07) is 17.0. The van der Waals surface area contributed by atoms with E-state index in [0.29, 0.717) is 25.8 Å². The number of carboxylic acids is 1. The van der Waals surface area contributed by atoms with Gasteiger partial charge < -0.3 is 14.6 Å². The number of rotatable bonds is 7. The highest BCUT2D eigenvalue weighted by molar-refractivity contribution is 5.86. The molecule has 1 aliphatic heterocycles. The second kappa shape index (κ2) is 8.74. The number of aliphatic carboxylic acids is 1. The van der Waals surface area contributed by atoms with Crippen LogP contribution in [0.4, 0.5) is 0 Å². The fourth-order valence-corrected chi connectivity index (χ4v) is 4.46. The van der Waals surface area contributed by atoms with E-state index in [9.17, 15) is 9.59 Å². The number of unbranched alkanes of at least 4 members (excludes halogenated alkanes) is 1. The fourth-order valence-electron chi connectivity index (χ4n) is 4.46. The lowest BCUT2D eigenvalue weighted by molar-refractivity contribution is -0.137. The summed E-state index contributed by atoms with van der Waals surface area (Å²) in [5, 5.41) is 10.1. The van der Waals surface area contributed by atoms with Crippen molar-refractivity contribution in [1.29, 1.82) is 0 Å². The van der Waals surface area contributed by atoms with Crippen molar-refractivity contribution in [3.05, 3.63) is 70.9 Å². The van der Waals surface area contributed by atoms with Crippen LogP contribution >= 0.6 is 0 Å². The molecule has 1 aliphatic rings. The molecule has 0 fully saturated rings. The highest BCUT2D eigenvalue weighted by Crippen LogP contribution is 2.32. The molecule has 0 saturated carbocycles. The minimum absolute atomic E-state index is 0.124. The first kappa shape index (κ1) is 20.2.